The minimum atomic E-state index is -0.969. The van der Waals surface area contributed by atoms with E-state index in [9.17, 15) is 13.2 Å². The monoisotopic (exact) mass is 706 g/mol. The van der Waals surface area contributed by atoms with E-state index in [1.54, 1.807) is 10.6 Å². The van der Waals surface area contributed by atoms with Gasteiger partial charge in [-0.3, -0.25) is 0 Å². The lowest BCUT2D eigenvalue weighted by Gasteiger charge is -2.26. The first kappa shape index (κ1) is 31.7. The second-order valence-corrected chi connectivity index (χ2v) is 13.4. The van der Waals surface area contributed by atoms with Crippen LogP contribution >= 0.6 is 0 Å². The normalized spacial score (nSPS) is 11.6. The van der Waals surface area contributed by atoms with Gasteiger partial charge in [0.05, 0.1) is 11.0 Å². The van der Waals surface area contributed by atoms with Gasteiger partial charge in [-0.25, -0.2) is 13.2 Å². The second-order valence-electron chi connectivity index (χ2n) is 13.4. The molecule has 0 radical (unpaired) electrons. The van der Waals surface area contributed by atoms with Crippen LogP contribution in [0, 0.1) is 17.5 Å². The zero-order valence-electron chi connectivity index (χ0n) is 28.7. The highest BCUT2D eigenvalue weighted by atomic mass is 19.2. The summed E-state index contributed by atoms with van der Waals surface area (Å²) >= 11 is 0. The Hall–Kier alpha value is -7.05. The van der Waals surface area contributed by atoms with Gasteiger partial charge in [0.25, 0.3) is 0 Å². The Bertz CT molecular complexity index is 2920. The third kappa shape index (κ3) is 5.30. The Balaban J connectivity index is 1.10. The van der Waals surface area contributed by atoms with Crippen LogP contribution in [0.3, 0.4) is 0 Å². The quantitative estimate of drug-likeness (QED) is 0.172. The number of anilines is 3. The molecule has 3 nitrogen and oxygen atoms in total. The molecule has 258 valence electrons. The van der Waals surface area contributed by atoms with Gasteiger partial charge >= 0.3 is 0 Å². The van der Waals surface area contributed by atoms with E-state index in [1.807, 2.05) is 66.7 Å². The number of hydrogen-bond donors (Lipinski definition) is 0. The van der Waals surface area contributed by atoms with Gasteiger partial charge in [0.2, 0.25) is 0 Å². The van der Waals surface area contributed by atoms with Crippen LogP contribution in [-0.4, -0.2) is 4.57 Å². The number of rotatable bonds is 6. The fourth-order valence-electron chi connectivity index (χ4n) is 7.61. The summed E-state index contributed by atoms with van der Waals surface area (Å²) in [5.41, 5.74) is 10.4. The van der Waals surface area contributed by atoms with Crippen molar-refractivity contribution in [2.24, 2.45) is 0 Å². The number of hydrogen-bond acceptors (Lipinski definition) is 2. The molecule has 8 aromatic carbocycles. The third-order valence-electron chi connectivity index (χ3n) is 10.2. The van der Waals surface area contributed by atoms with Crippen LogP contribution in [0.1, 0.15) is 0 Å². The van der Waals surface area contributed by atoms with Gasteiger partial charge in [0.15, 0.2) is 11.6 Å². The van der Waals surface area contributed by atoms with Crippen molar-refractivity contribution in [1.29, 1.82) is 0 Å². The molecule has 10 rings (SSSR count). The van der Waals surface area contributed by atoms with Crippen molar-refractivity contribution >= 4 is 60.8 Å². The smallest absolute Gasteiger partial charge is 0.160 e. The van der Waals surface area contributed by atoms with Gasteiger partial charge in [0, 0.05) is 56.4 Å². The van der Waals surface area contributed by atoms with E-state index < -0.39 is 17.5 Å². The lowest BCUT2D eigenvalue weighted by atomic mass is 10.0. The highest BCUT2D eigenvalue weighted by molar-refractivity contribution is 6.11. The molecule has 2 heterocycles. The van der Waals surface area contributed by atoms with Crippen molar-refractivity contribution in [3.05, 3.63) is 193 Å². The molecule has 0 atom stereocenters. The lowest BCUT2D eigenvalue weighted by molar-refractivity contribution is 0.510. The van der Waals surface area contributed by atoms with Crippen molar-refractivity contribution < 1.29 is 17.6 Å². The van der Waals surface area contributed by atoms with Gasteiger partial charge < -0.3 is 13.9 Å². The Kier molecular flexibility index (Phi) is 7.37. The van der Waals surface area contributed by atoms with E-state index >= 15 is 0 Å². The number of benzene rings is 8. The van der Waals surface area contributed by atoms with Crippen molar-refractivity contribution in [2.75, 3.05) is 4.90 Å². The third-order valence-corrected chi connectivity index (χ3v) is 10.2. The zero-order valence-corrected chi connectivity index (χ0v) is 28.7. The standard InChI is InChI=1S/C48H29F3N2O/c49-34-15-22-39-41-28-43(50)44(51)29-46(41)53(45(39)25-34)37-21-24-47-42(26-37)40-23-20-38(27-48(40)54-47)52(35-16-11-32(12-17-35)30-7-3-1-4-8-30)36-18-13-33(14-19-36)31-9-5-2-6-10-31/h1-29H. The Morgan fingerprint density at radius 2 is 0.944 bits per heavy atom. The second kappa shape index (κ2) is 12.6. The summed E-state index contributed by atoms with van der Waals surface area (Å²) in [6, 6.07) is 56.2. The van der Waals surface area contributed by atoms with Crippen LogP contribution < -0.4 is 4.90 Å². The van der Waals surface area contributed by atoms with Crippen LogP contribution in [0.2, 0.25) is 0 Å². The first-order valence-corrected chi connectivity index (χ1v) is 17.6. The van der Waals surface area contributed by atoms with E-state index in [2.05, 4.69) is 83.8 Å². The minimum absolute atomic E-state index is 0.441. The van der Waals surface area contributed by atoms with E-state index in [0.717, 1.165) is 50.1 Å². The van der Waals surface area contributed by atoms with Gasteiger partial charge in [-0.05, 0) is 101 Å². The summed E-state index contributed by atoms with van der Waals surface area (Å²) in [5, 5.41) is 2.85. The van der Waals surface area contributed by atoms with Crippen LogP contribution in [0.25, 0.3) is 71.7 Å². The molecule has 0 spiro atoms. The summed E-state index contributed by atoms with van der Waals surface area (Å²) in [5.74, 6) is -2.36. The van der Waals surface area contributed by atoms with Crippen LogP contribution in [0.15, 0.2) is 180 Å². The summed E-state index contributed by atoms with van der Waals surface area (Å²) in [6.45, 7) is 0. The van der Waals surface area contributed by atoms with E-state index in [1.165, 1.54) is 24.3 Å². The fraction of sp³-hybridized carbons (Fsp3) is 0. The van der Waals surface area contributed by atoms with Crippen LogP contribution in [0.4, 0.5) is 30.2 Å². The molecule has 54 heavy (non-hydrogen) atoms. The van der Waals surface area contributed by atoms with Gasteiger partial charge in [-0.15, -0.1) is 0 Å². The molecule has 0 N–H and O–H groups in total. The fourth-order valence-corrected chi connectivity index (χ4v) is 7.61. The molecule has 0 saturated carbocycles. The maximum Gasteiger partial charge on any atom is 0.160 e. The summed E-state index contributed by atoms with van der Waals surface area (Å²) < 4.78 is 51.9. The predicted molar refractivity (Wildman–Crippen MR) is 213 cm³/mol. The number of fused-ring (bicyclic) bond motifs is 6. The Morgan fingerprint density at radius 3 is 1.59 bits per heavy atom. The van der Waals surface area contributed by atoms with Gasteiger partial charge in [0.1, 0.15) is 17.0 Å². The predicted octanol–water partition coefficient (Wildman–Crippen LogP) is 13.9. The molecule has 2 aromatic heterocycles. The summed E-state index contributed by atoms with van der Waals surface area (Å²) in [4.78, 5) is 2.21. The minimum Gasteiger partial charge on any atom is -0.456 e. The van der Waals surface area contributed by atoms with Crippen molar-refractivity contribution in [1.82, 2.24) is 4.57 Å². The van der Waals surface area contributed by atoms with Crippen molar-refractivity contribution in [3.8, 4) is 27.9 Å². The van der Waals surface area contributed by atoms with Crippen LogP contribution in [-0.2, 0) is 0 Å². The van der Waals surface area contributed by atoms with Crippen molar-refractivity contribution in [2.45, 2.75) is 0 Å². The molecular weight excluding hydrogens is 678 g/mol. The van der Waals surface area contributed by atoms with E-state index in [4.69, 9.17) is 4.42 Å². The molecular formula is C48H29F3N2O. The van der Waals surface area contributed by atoms with E-state index in [-0.39, 0.29) is 0 Å². The topological polar surface area (TPSA) is 21.3 Å². The zero-order chi connectivity index (χ0) is 36.3. The molecule has 0 fully saturated rings. The highest BCUT2D eigenvalue weighted by Crippen LogP contribution is 2.41. The largest absolute Gasteiger partial charge is 0.456 e. The number of furan rings is 1. The number of nitrogens with zero attached hydrogens (tertiary/aromatic N) is 2. The average Bonchev–Trinajstić information content (AvgIpc) is 3.73. The SMILES string of the molecule is Fc1ccc2c3cc(F)c(F)cc3n(-c3ccc4oc5cc(N(c6ccc(-c7ccccc7)cc6)c6ccc(-c7ccccc7)cc6)ccc5c4c3)c2c1. The molecule has 0 unspecified atom stereocenters. The highest BCUT2D eigenvalue weighted by Gasteiger charge is 2.19. The van der Waals surface area contributed by atoms with Gasteiger partial charge in [-0.1, -0.05) is 84.9 Å². The van der Waals surface area contributed by atoms with Gasteiger partial charge in [-0.2, -0.15) is 0 Å². The Morgan fingerprint density at radius 1 is 0.389 bits per heavy atom. The summed E-state index contributed by atoms with van der Waals surface area (Å²) in [7, 11) is 0. The van der Waals surface area contributed by atoms with Crippen molar-refractivity contribution in [3.63, 3.8) is 0 Å². The molecule has 0 bridgehead atoms. The first-order chi connectivity index (χ1) is 26.5. The molecule has 10 aromatic rings. The molecule has 0 aliphatic rings. The first-order valence-electron chi connectivity index (χ1n) is 17.6. The van der Waals surface area contributed by atoms with E-state index in [0.29, 0.717) is 38.7 Å². The lowest BCUT2D eigenvalue weighted by Crippen LogP contribution is -2.09. The Labute approximate surface area is 308 Å². The molecule has 6 heteroatoms. The maximum absolute atomic E-state index is 14.6. The maximum atomic E-state index is 14.6. The number of halogens is 3. The number of aromatic nitrogens is 1. The molecule has 0 amide bonds. The average molecular weight is 707 g/mol. The molecule has 0 saturated heterocycles. The molecule has 0 aliphatic carbocycles. The summed E-state index contributed by atoms with van der Waals surface area (Å²) in [6.07, 6.45) is 0. The molecule has 0 aliphatic heterocycles. The van der Waals surface area contributed by atoms with Crippen LogP contribution in [0.5, 0.6) is 0 Å².